The average Bonchev–Trinajstić information content (AvgIpc) is 3.17. The van der Waals surface area contributed by atoms with Crippen LogP contribution in [0.5, 0.6) is 17.2 Å². The van der Waals surface area contributed by atoms with Gasteiger partial charge in [-0.3, -0.25) is 9.69 Å². The van der Waals surface area contributed by atoms with Gasteiger partial charge in [-0.25, -0.2) is 0 Å². The number of nitrogens with one attached hydrogen (secondary N) is 1. The molecule has 5 aromatic rings. The standard InChI is InChI=1S/C43H39Cl2N3O4/c1-2-19-48-25-35-23-41-40(51-27-42(52-41)33-12-14-36(15-13-33)50-26-30-7-16-37(44)38(45)20-30)22-34(35)21-39(48)43(49)47-18-17-28-3-8-31(9-4-28)32-10-5-29(24-46)6-11-32/h3-16,20,22-23,39,42H,2,17-19,21,25-27H2,1H3,(H,47,49). The minimum absolute atomic E-state index is 0.0487. The molecular formula is C43H39Cl2N3O4. The highest BCUT2D eigenvalue weighted by Crippen LogP contribution is 2.41. The fourth-order valence-corrected chi connectivity index (χ4v) is 7.09. The van der Waals surface area contributed by atoms with Gasteiger partial charge in [0.2, 0.25) is 5.91 Å². The number of rotatable bonds is 11. The molecule has 0 spiro atoms. The van der Waals surface area contributed by atoms with Crippen LogP contribution in [0.25, 0.3) is 11.1 Å². The van der Waals surface area contributed by atoms with Gasteiger partial charge in [0, 0.05) is 13.1 Å². The third kappa shape index (κ3) is 8.21. The summed E-state index contributed by atoms with van der Waals surface area (Å²) in [5, 5.41) is 13.3. The monoisotopic (exact) mass is 731 g/mol. The van der Waals surface area contributed by atoms with Crippen LogP contribution in [0.4, 0.5) is 0 Å². The van der Waals surface area contributed by atoms with Crippen molar-refractivity contribution in [2.75, 3.05) is 19.7 Å². The van der Waals surface area contributed by atoms with E-state index in [1.807, 2.05) is 60.7 Å². The second kappa shape index (κ2) is 16.1. The quantitative estimate of drug-likeness (QED) is 0.146. The molecule has 1 amide bonds. The van der Waals surface area contributed by atoms with Crippen molar-refractivity contribution in [1.29, 1.82) is 5.26 Å². The lowest BCUT2D eigenvalue weighted by Gasteiger charge is -2.37. The van der Waals surface area contributed by atoms with Gasteiger partial charge in [0.25, 0.3) is 0 Å². The molecule has 0 aromatic heterocycles. The van der Waals surface area contributed by atoms with Crippen molar-refractivity contribution < 1.29 is 19.0 Å². The van der Waals surface area contributed by atoms with Crippen LogP contribution in [0.15, 0.2) is 103 Å². The van der Waals surface area contributed by atoms with Gasteiger partial charge in [-0.15, -0.1) is 0 Å². The van der Waals surface area contributed by atoms with Crippen LogP contribution in [-0.2, 0) is 30.8 Å². The highest BCUT2D eigenvalue weighted by atomic mass is 35.5. The van der Waals surface area contributed by atoms with E-state index in [4.69, 9.17) is 42.7 Å². The Kier molecular flexibility index (Phi) is 11.0. The molecule has 7 nitrogen and oxygen atoms in total. The number of hydrogen-bond acceptors (Lipinski definition) is 6. The van der Waals surface area contributed by atoms with Gasteiger partial charge in [-0.2, -0.15) is 5.26 Å². The van der Waals surface area contributed by atoms with E-state index >= 15 is 0 Å². The molecule has 2 unspecified atom stereocenters. The third-order valence-corrected chi connectivity index (χ3v) is 10.4. The van der Waals surface area contributed by atoms with Gasteiger partial charge in [0.1, 0.15) is 19.0 Å². The Bertz CT molecular complexity index is 2080. The Morgan fingerprint density at radius 1 is 0.885 bits per heavy atom. The van der Waals surface area contributed by atoms with E-state index < -0.39 is 0 Å². The summed E-state index contributed by atoms with van der Waals surface area (Å²) in [6, 6.07) is 35.3. The molecule has 5 aromatic carbocycles. The summed E-state index contributed by atoms with van der Waals surface area (Å²) < 4.78 is 18.7. The molecule has 0 aliphatic carbocycles. The third-order valence-electron chi connectivity index (χ3n) is 9.62. The first-order valence-electron chi connectivity index (χ1n) is 17.6. The molecule has 0 saturated heterocycles. The molecule has 9 heteroatoms. The number of nitrogens with zero attached hydrogens (tertiary/aromatic N) is 2. The zero-order valence-electron chi connectivity index (χ0n) is 28.9. The Morgan fingerprint density at radius 3 is 2.31 bits per heavy atom. The second-order valence-corrected chi connectivity index (χ2v) is 14.0. The topological polar surface area (TPSA) is 83.8 Å². The van der Waals surface area contributed by atoms with Gasteiger partial charge in [0.05, 0.1) is 27.7 Å². The van der Waals surface area contributed by atoms with Crippen LogP contribution < -0.4 is 19.5 Å². The number of nitriles is 1. The fraction of sp³-hybridized carbons (Fsp3) is 0.256. The number of benzene rings is 5. The maximum atomic E-state index is 13.6. The van der Waals surface area contributed by atoms with Gasteiger partial charge in [-0.1, -0.05) is 84.7 Å². The number of carbonyl (C=O) groups is 1. The maximum absolute atomic E-state index is 13.6. The molecular weight excluding hydrogens is 693 g/mol. The number of fused-ring (bicyclic) bond motifs is 2. The maximum Gasteiger partial charge on any atom is 0.237 e. The van der Waals surface area contributed by atoms with Crippen molar-refractivity contribution in [3.63, 3.8) is 0 Å². The minimum Gasteiger partial charge on any atom is -0.489 e. The predicted molar refractivity (Wildman–Crippen MR) is 204 cm³/mol. The zero-order chi connectivity index (χ0) is 36.0. The zero-order valence-corrected chi connectivity index (χ0v) is 30.4. The first-order valence-corrected chi connectivity index (χ1v) is 18.4. The number of carbonyl (C=O) groups excluding carboxylic acids is 1. The molecule has 2 aliphatic rings. The summed E-state index contributed by atoms with van der Waals surface area (Å²) in [5.41, 5.74) is 8.18. The first kappa shape index (κ1) is 35.4. The van der Waals surface area contributed by atoms with Crippen LogP contribution in [0.3, 0.4) is 0 Å². The van der Waals surface area contributed by atoms with Crippen molar-refractivity contribution in [1.82, 2.24) is 10.2 Å². The van der Waals surface area contributed by atoms with Crippen molar-refractivity contribution >= 4 is 29.1 Å². The molecule has 1 N–H and O–H groups in total. The molecule has 264 valence electrons. The molecule has 7 rings (SSSR count). The van der Waals surface area contributed by atoms with E-state index in [0.717, 1.165) is 69.8 Å². The lowest BCUT2D eigenvalue weighted by molar-refractivity contribution is -0.127. The lowest BCUT2D eigenvalue weighted by Crippen LogP contribution is -2.50. The Balaban J connectivity index is 0.945. The summed E-state index contributed by atoms with van der Waals surface area (Å²) >= 11 is 12.2. The molecule has 0 saturated carbocycles. The normalized spacial score (nSPS) is 16.4. The average molecular weight is 733 g/mol. The van der Waals surface area contributed by atoms with Gasteiger partial charge in [-0.05, 0) is 113 Å². The van der Waals surface area contributed by atoms with Crippen LogP contribution in [0.2, 0.25) is 10.0 Å². The molecule has 0 radical (unpaired) electrons. The van der Waals surface area contributed by atoms with Crippen LogP contribution in [-0.4, -0.2) is 36.5 Å². The number of amides is 1. The van der Waals surface area contributed by atoms with Crippen LogP contribution in [0, 0.1) is 11.3 Å². The van der Waals surface area contributed by atoms with E-state index in [1.54, 1.807) is 6.07 Å². The van der Waals surface area contributed by atoms with E-state index in [1.165, 1.54) is 0 Å². The van der Waals surface area contributed by atoms with Crippen molar-refractivity contribution in [3.05, 3.63) is 147 Å². The van der Waals surface area contributed by atoms with Crippen molar-refractivity contribution in [2.24, 2.45) is 0 Å². The largest absolute Gasteiger partial charge is 0.489 e. The summed E-state index contributed by atoms with van der Waals surface area (Å²) in [4.78, 5) is 15.8. The van der Waals surface area contributed by atoms with E-state index in [2.05, 4.69) is 59.6 Å². The summed E-state index contributed by atoms with van der Waals surface area (Å²) in [6.45, 7) is 4.96. The number of halogens is 2. The van der Waals surface area contributed by atoms with E-state index in [0.29, 0.717) is 54.1 Å². The van der Waals surface area contributed by atoms with Gasteiger partial charge < -0.3 is 19.5 Å². The Labute approximate surface area is 314 Å². The van der Waals surface area contributed by atoms with Gasteiger partial charge >= 0.3 is 0 Å². The predicted octanol–water partition coefficient (Wildman–Crippen LogP) is 9.12. The van der Waals surface area contributed by atoms with E-state index in [9.17, 15) is 4.79 Å². The smallest absolute Gasteiger partial charge is 0.237 e. The van der Waals surface area contributed by atoms with Crippen LogP contribution >= 0.6 is 23.2 Å². The summed E-state index contributed by atoms with van der Waals surface area (Å²) in [6.07, 6.45) is 2.05. The number of hydrogen-bond donors (Lipinski definition) is 1. The summed E-state index contributed by atoms with van der Waals surface area (Å²) in [5.74, 6) is 2.22. The summed E-state index contributed by atoms with van der Waals surface area (Å²) in [7, 11) is 0. The second-order valence-electron chi connectivity index (χ2n) is 13.2. The first-order chi connectivity index (χ1) is 25.4. The van der Waals surface area contributed by atoms with Gasteiger partial charge in [0.15, 0.2) is 17.6 Å². The molecule has 2 aliphatic heterocycles. The molecule has 0 fully saturated rings. The lowest BCUT2D eigenvalue weighted by atomic mass is 9.92. The fourth-order valence-electron chi connectivity index (χ4n) is 6.77. The van der Waals surface area contributed by atoms with Crippen molar-refractivity contribution in [2.45, 2.75) is 51.5 Å². The molecule has 0 bridgehead atoms. The van der Waals surface area contributed by atoms with Crippen LogP contribution in [0.1, 0.15) is 52.8 Å². The number of ether oxygens (including phenoxy) is 3. The van der Waals surface area contributed by atoms with E-state index in [-0.39, 0.29) is 18.1 Å². The molecule has 2 atom stereocenters. The minimum atomic E-state index is -0.254. The molecule has 52 heavy (non-hydrogen) atoms. The van der Waals surface area contributed by atoms with Crippen molar-refractivity contribution in [3.8, 4) is 34.4 Å². The highest BCUT2D eigenvalue weighted by Gasteiger charge is 2.33. The Hall–Kier alpha value is -5.00. The SMILES string of the molecule is CCCN1Cc2cc3c(cc2CC1C(=O)NCCc1ccc(-c2ccc(C#N)cc2)cc1)OCC(c1ccc(OCc2ccc(Cl)c(Cl)c2)cc1)O3. The Morgan fingerprint density at radius 2 is 1.60 bits per heavy atom. The molecule has 2 heterocycles. The highest BCUT2D eigenvalue weighted by molar-refractivity contribution is 6.42.